The number of anilines is 1. The monoisotopic (exact) mass is 400 g/mol. The van der Waals surface area contributed by atoms with Crippen molar-refractivity contribution in [3.05, 3.63) is 30.0 Å². The van der Waals surface area contributed by atoms with E-state index in [9.17, 15) is 22.8 Å². The highest BCUT2D eigenvalue weighted by atomic mass is 19.4. The lowest BCUT2D eigenvalue weighted by Crippen LogP contribution is -2.39. The minimum Gasteiger partial charge on any atom is -0.425 e. The number of alkyl halides is 3. The maximum atomic E-state index is 12.6. The molecule has 28 heavy (non-hydrogen) atoms. The summed E-state index contributed by atoms with van der Waals surface area (Å²) in [7, 11) is 1.42. The van der Waals surface area contributed by atoms with Crippen LogP contribution in [0.15, 0.2) is 24.3 Å². The molecule has 2 N–H and O–H groups in total. The summed E-state index contributed by atoms with van der Waals surface area (Å²) >= 11 is 0. The molecule has 1 aromatic carbocycles. The summed E-state index contributed by atoms with van der Waals surface area (Å²) in [5, 5.41) is 9.07. The van der Waals surface area contributed by atoms with Gasteiger partial charge in [0.1, 0.15) is 18.0 Å². The average molecular weight is 400 g/mol. The number of hydrogen-bond acceptors (Lipinski definition) is 6. The van der Waals surface area contributed by atoms with Crippen LogP contribution in [0.25, 0.3) is 0 Å². The smallest absolute Gasteiger partial charge is 0.425 e. The number of halogens is 3. The van der Waals surface area contributed by atoms with E-state index in [-0.39, 0.29) is 43.0 Å². The highest BCUT2D eigenvalue weighted by Crippen LogP contribution is 2.30. The summed E-state index contributed by atoms with van der Waals surface area (Å²) in [4.78, 5) is 33.7. The first kappa shape index (κ1) is 19.5. The molecule has 0 fully saturated rings. The maximum absolute atomic E-state index is 12.6. The molecule has 0 saturated heterocycles. The van der Waals surface area contributed by atoms with Crippen LogP contribution in [0.4, 0.5) is 19.0 Å². The zero-order valence-electron chi connectivity index (χ0n) is 14.5. The normalized spacial score (nSPS) is 14.8. The summed E-state index contributed by atoms with van der Waals surface area (Å²) < 4.78 is 46.2. The second-order valence-corrected chi connectivity index (χ2v) is 5.77. The van der Waals surface area contributed by atoms with Crippen molar-refractivity contribution in [2.24, 2.45) is 0 Å². The van der Waals surface area contributed by atoms with Crippen molar-refractivity contribution in [3.63, 3.8) is 0 Å². The standard InChI is InChI=1S/C16H15F3N4O5/c1-22-11(25)8-23(5-6-24)14(26)12-13(22)21-15(20-12)27-9-3-2-4-10(7-9)28-16(17,18)19/h2-4,7,24H,5-6,8H2,1H3,(H,20,21). The van der Waals surface area contributed by atoms with Crippen LogP contribution in [0.5, 0.6) is 17.5 Å². The first-order chi connectivity index (χ1) is 13.2. The minimum absolute atomic E-state index is 0.00753. The fourth-order valence-electron chi connectivity index (χ4n) is 2.55. The number of aliphatic hydroxyl groups is 1. The van der Waals surface area contributed by atoms with Gasteiger partial charge >= 0.3 is 12.4 Å². The van der Waals surface area contributed by atoms with Crippen molar-refractivity contribution < 1.29 is 37.3 Å². The van der Waals surface area contributed by atoms with E-state index in [0.717, 1.165) is 21.9 Å². The topological polar surface area (TPSA) is 108 Å². The lowest BCUT2D eigenvalue weighted by atomic mass is 10.3. The number of likely N-dealkylation sites (N-methyl/N-ethyl adjacent to an activating group) is 1. The highest BCUT2D eigenvalue weighted by molar-refractivity contribution is 6.07. The van der Waals surface area contributed by atoms with Gasteiger partial charge in [-0.25, -0.2) is 0 Å². The Balaban J connectivity index is 1.87. The first-order valence-corrected chi connectivity index (χ1v) is 7.98. The number of β-amino-alcohol motifs (C(OH)–C–C–N with tert-alkyl or cyclic N) is 1. The van der Waals surface area contributed by atoms with Gasteiger partial charge in [-0.05, 0) is 12.1 Å². The van der Waals surface area contributed by atoms with Gasteiger partial charge in [0.25, 0.3) is 5.91 Å². The third-order valence-electron chi connectivity index (χ3n) is 3.81. The number of nitrogens with one attached hydrogen (secondary N) is 1. The molecule has 0 aliphatic carbocycles. The van der Waals surface area contributed by atoms with Gasteiger partial charge in [-0.1, -0.05) is 6.07 Å². The molecule has 9 nitrogen and oxygen atoms in total. The number of ether oxygens (including phenoxy) is 2. The summed E-state index contributed by atoms with van der Waals surface area (Å²) in [5.41, 5.74) is -0.0421. The van der Waals surface area contributed by atoms with E-state index >= 15 is 0 Å². The zero-order valence-corrected chi connectivity index (χ0v) is 14.5. The molecule has 0 unspecified atom stereocenters. The van der Waals surface area contributed by atoms with Crippen molar-refractivity contribution in [2.75, 3.05) is 31.6 Å². The van der Waals surface area contributed by atoms with E-state index in [4.69, 9.17) is 9.84 Å². The number of aromatic nitrogens is 2. The summed E-state index contributed by atoms with van der Waals surface area (Å²) in [6, 6.07) is 4.55. The largest absolute Gasteiger partial charge is 0.573 e. The number of aromatic amines is 1. The molecular formula is C16H15F3N4O5. The molecule has 0 bridgehead atoms. The molecule has 0 radical (unpaired) electrons. The van der Waals surface area contributed by atoms with Crippen LogP contribution >= 0.6 is 0 Å². The van der Waals surface area contributed by atoms with Gasteiger partial charge in [-0.2, -0.15) is 4.98 Å². The van der Waals surface area contributed by atoms with E-state index in [2.05, 4.69) is 14.7 Å². The van der Waals surface area contributed by atoms with Crippen molar-refractivity contribution >= 4 is 17.6 Å². The number of carbonyl (C=O) groups excluding carboxylic acids is 2. The molecule has 12 heteroatoms. The summed E-state index contributed by atoms with van der Waals surface area (Å²) in [6.07, 6.45) is -4.85. The van der Waals surface area contributed by atoms with E-state index in [1.165, 1.54) is 19.2 Å². The third kappa shape index (κ3) is 4.17. The zero-order chi connectivity index (χ0) is 20.5. The number of amides is 2. The van der Waals surface area contributed by atoms with Crippen molar-refractivity contribution in [1.82, 2.24) is 14.9 Å². The van der Waals surface area contributed by atoms with Crippen LogP contribution in [0.3, 0.4) is 0 Å². The van der Waals surface area contributed by atoms with Gasteiger partial charge in [0.15, 0.2) is 11.5 Å². The first-order valence-electron chi connectivity index (χ1n) is 7.98. The predicted molar refractivity (Wildman–Crippen MR) is 88.2 cm³/mol. The maximum Gasteiger partial charge on any atom is 0.573 e. The van der Waals surface area contributed by atoms with Crippen molar-refractivity contribution in [1.29, 1.82) is 0 Å². The Labute approximate surface area is 156 Å². The third-order valence-corrected chi connectivity index (χ3v) is 3.81. The fourth-order valence-corrected chi connectivity index (χ4v) is 2.55. The number of nitrogens with zero attached hydrogens (tertiary/aromatic N) is 3. The Bertz CT molecular complexity index is 899. The van der Waals surface area contributed by atoms with E-state index in [1.54, 1.807) is 0 Å². The van der Waals surface area contributed by atoms with Gasteiger partial charge in [0.05, 0.1) is 6.61 Å². The highest BCUT2D eigenvalue weighted by Gasteiger charge is 2.33. The quantitative estimate of drug-likeness (QED) is 0.788. The van der Waals surface area contributed by atoms with Crippen LogP contribution in [-0.2, 0) is 4.79 Å². The number of H-pyrrole nitrogens is 1. The molecule has 1 aliphatic rings. The van der Waals surface area contributed by atoms with Gasteiger partial charge < -0.3 is 24.5 Å². The van der Waals surface area contributed by atoms with Gasteiger partial charge in [0, 0.05) is 19.7 Å². The number of carbonyl (C=O) groups is 2. The number of imidazole rings is 1. The molecule has 2 aromatic rings. The van der Waals surface area contributed by atoms with Gasteiger partial charge in [-0.3, -0.25) is 14.5 Å². The van der Waals surface area contributed by atoms with Crippen LogP contribution in [0, 0.1) is 0 Å². The Morgan fingerprint density at radius 2 is 2.00 bits per heavy atom. The SMILES string of the molecule is CN1C(=O)CN(CCO)C(=O)c2[nH]c(Oc3cccc(OC(F)(F)F)c3)nc21. The number of rotatable bonds is 5. The van der Waals surface area contributed by atoms with Crippen molar-refractivity contribution in [3.8, 4) is 17.5 Å². The second-order valence-electron chi connectivity index (χ2n) is 5.77. The van der Waals surface area contributed by atoms with Crippen LogP contribution in [0.1, 0.15) is 10.5 Å². The number of benzene rings is 1. The molecule has 1 aromatic heterocycles. The fraction of sp³-hybridized carbons (Fsp3) is 0.312. The molecule has 3 rings (SSSR count). The minimum atomic E-state index is -4.85. The molecule has 1 aliphatic heterocycles. The number of fused-ring (bicyclic) bond motifs is 1. The molecule has 2 heterocycles. The average Bonchev–Trinajstić information content (AvgIpc) is 2.99. The molecule has 2 amide bonds. The van der Waals surface area contributed by atoms with E-state index < -0.39 is 23.9 Å². The van der Waals surface area contributed by atoms with E-state index in [0.29, 0.717) is 0 Å². The number of aliphatic hydroxyl groups excluding tert-OH is 1. The molecule has 0 saturated carbocycles. The lowest BCUT2D eigenvalue weighted by molar-refractivity contribution is -0.274. The van der Waals surface area contributed by atoms with E-state index in [1.807, 2.05) is 0 Å². The Hall–Kier alpha value is -3.28. The summed E-state index contributed by atoms with van der Waals surface area (Å²) in [6.45, 7) is -0.613. The predicted octanol–water partition coefficient (Wildman–Crippen LogP) is 1.51. The summed E-state index contributed by atoms with van der Waals surface area (Å²) in [5.74, 6) is -1.51. The molecular weight excluding hydrogens is 385 g/mol. The van der Waals surface area contributed by atoms with Crippen molar-refractivity contribution in [2.45, 2.75) is 6.36 Å². The molecule has 0 spiro atoms. The Kier molecular flexibility index (Phi) is 5.14. The van der Waals surface area contributed by atoms with Crippen LogP contribution < -0.4 is 14.4 Å². The Morgan fingerprint density at radius 1 is 1.29 bits per heavy atom. The number of hydrogen-bond donors (Lipinski definition) is 2. The Morgan fingerprint density at radius 3 is 2.68 bits per heavy atom. The van der Waals surface area contributed by atoms with Crippen LogP contribution in [-0.4, -0.2) is 64.9 Å². The van der Waals surface area contributed by atoms with Crippen LogP contribution in [0.2, 0.25) is 0 Å². The van der Waals surface area contributed by atoms with Gasteiger partial charge in [0.2, 0.25) is 5.91 Å². The second kappa shape index (κ2) is 7.38. The molecule has 0 atom stereocenters. The van der Waals surface area contributed by atoms with Gasteiger partial charge in [-0.15, -0.1) is 13.2 Å². The lowest BCUT2D eigenvalue weighted by Gasteiger charge is -2.18. The molecule has 150 valence electrons.